The van der Waals surface area contributed by atoms with Gasteiger partial charge < -0.3 is 10.6 Å². The van der Waals surface area contributed by atoms with Crippen molar-refractivity contribution in [2.24, 2.45) is 0 Å². The Balaban J connectivity index is 1.14. The highest BCUT2D eigenvalue weighted by molar-refractivity contribution is 5.90. The van der Waals surface area contributed by atoms with Gasteiger partial charge in [0.25, 0.3) is 0 Å². The van der Waals surface area contributed by atoms with Crippen molar-refractivity contribution in [3.63, 3.8) is 0 Å². The Morgan fingerprint density at radius 3 is 1.32 bits per heavy atom. The highest BCUT2D eigenvalue weighted by Gasteiger charge is 2.13. The molecule has 0 heterocycles. The summed E-state index contributed by atoms with van der Waals surface area (Å²) in [6.07, 6.45) is 0. The first-order valence-corrected chi connectivity index (χ1v) is 17.0. The van der Waals surface area contributed by atoms with Crippen molar-refractivity contribution in [3.8, 4) is 55.6 Å². The second-order valence-electron chi connectivity index (χ2n) is 12.4. The number of hydrogen-bond acceptors (Lipinski definition) is 2. The lowest BCUT2D eigenvalue weighted by Crippen LogP contribution is -1.96. The molecule has 2 nitrogen and oxygen atoms in total. The fraction of sp³-hybridized carbons (Fsp3) is 0. The van der Waals surface area contributed by atoms with E-state index in [4.69, 9.17) is 0 Å². The Labute approximate surface area is 294 Å². The summed E-state index contributed by atoms with van der Waals surface area (Å²) < 4.78 is 0. The average molecular weight is 641 g/mol. The predicted octanol–water partition coefficient (Wildman–Crippen LogP) is 13.5. The molecule has 0 fully saturated rings. The molecule has 0 aromatic heterocycles. The Morgan fingerprint density at radius 2 is 0.660 bits per heavy atom. The highest BCUT2D eigenvalue weighted by atomic mass is 14.9. The molecule has 8 aromatic carbocycles. The van der Waals surface area contributed by atoms with Gasteiger partial charge in [0.05, 0.1) is 0 Å². The Bertz CT molecular complexity index is 2360. The van der Waals surface area contributed by atoms with E-state index in [2.05, 4.69) is 217 Å². The number of para-hydroxylation sites is 2. The van der Waals surface area contributed by atoms with Crippen molar-refractivity contribution in [1.82, 2.24) is 0 Å². The van der Waals surface area contributed by atoms with Crippen LogP contribution >= 0.6 is 0 Å². The van der Waals surface area contributed by atoms with Crippen LogP contribution in [0.15, 0.2) is 206 Å². The third kappa shape index (κ3) is 6.69. The van der Waals surface area contributed by atoms with Crippen LogP contribution in [0.3, 0.4) is 0 Å². The van der Waals surface area contributed by atoms with Crippen LogP contribution in [-0.2, 0) is 0 Å². The largest absolute Gasteiger partial charge is 0.355 e. The van der Waals surface area contributed by atoms with Gasteiger partial charge in [0.1, 0.15) is 0 Å². The molecular formula is C48H36N2. The molecule has 8 aromatic rings. The molecule has 0 atom stereocenters. The zero-order valence-electron chi connectivity index (χ0n) is 27.6. The molecule has 2 N–H and O–H groups in total. The number of rotatable bonds is 9. The van der Waals surface area contributed by atoms with E-state index in [0.29, 0.717) is 0 Å². The summed E-state index contributed by atoms with van der Waals surface area (Å²) in [4.78, 5) is 0. The lowest BCUT2D eigenvalue weighted by atomic mass is 9.94. The summed E-state index contributed by atoms with van der Waals surface area (Å²) in [7, 11) is 0. The molecule has 2 heteroatoms. The molecule has 238 valence electrons. The van der Waals surface area contributed by atoms with Gasteiger partial charge in [-0.25, -0.2) is 0 Å². The zero-order chi connectivity index (χ0) is 33.5. The summed E-state index contributed by atoms with van der Waals surface area (Å²) in [5, 5.41) is 7.50. The molecule has 0 amide bonds. The van der Waals surface area contributed by atoms with Gasteiger partial charge in [-0.2, -0.15) is 0 Å². The SMILES string of the molecule is c1ccc(-c2cccc(Nc3ccc(-c4cccc(-c5ccccc5Nc5ccccc5-c5ccccc5)c4)cc3-c3ccccc3)c2)cc1. The van der Waals surface area contributed by atoms with E-state index >= 15 is 0 Å². The second-order valence-corrected chi connectivity index (χ2v) is 12.4. The molecule has 0 spiro atoms. The Hall–Kier alpha value is -6.64. The van der Waals surface area contributed by atoms with Crippen LogP contribution in [-0.4, -0.2) is 0 Å². The van der Waals surface area contributed by atoms with Crippen molar-refractivity contribution < 1.29 is 0 Å². The topological polar surface area (TPSA) is 24.1 Å². The predicted molar refractivity (Wildman–Crippen MR) is 213 cm³/mol. The van der Waals surface area contributed by atoms with E-state index in [1.165, 1.54) is 27.8 Å². The van der Waals surface area contributed by atoms with Crippen LogP contribution in [0, 0.1) is 0 Å². The van der Waals surface area contributed by atoms with E-state index in [1.54, 1.807) is 0 Å². The minimum atomic E-state index is 1.05. The summed E-state index contributed by atoms with van der Waals surface area (Å²) in [6, 6.07) is 72.9. The van der Waals surface area contributed by atoms with Crippen molar-refractivity contribution in [1.29, 1.82) is 0 Å². The van der Waals surface area contributed by atoms with E-state index < -0.39 is 0 Å². The smallest absolute Gasteiger partial charge is 0.0464 e. The molecule has 8 rings (SSSR count). The fourth-order valence-electron chi connectivity index (χ4n) is 6.57. The maximum absolute atomic E-state index is 3.76. The molecule has 0 saturated heterocycles. The lowest BCUT2D eigenvalue weighted by Gasteiger charge is -2.17. The molecule has 0 unspecified atom stereocenters. The number of hydrogen-bond donors (Lipinski definition) is 2. The summed E-state index contributed by atoms with van der Waals surface area (Å²) in [6.45, 7) is 0. The van der Waals surface area contributed by atoms with E-state index in [-0.39, 0.29) is 0 Å². The lowest BCUT2D eigenvalue weighted by molar-refractivity contribution is 1.51. The Morgan fingerprint density at radius 1 is 0.220 bits per heavy atom. The van der Waals surface area contributed by atoms with Crippen LogP contribution in [0.1, 0.15) is 0 Å². The molecule has 50 heavy (non-hydrogen) atoms. The standard InChI is InChI=1S/C48H36N2/c1-4-16-35(17-5-1)39-23-15-25-42(33-39)49-48-31-30-40(34-45(48)37-20-8-3-9-21-37)38-22-14-24-41(32-38)44-27-11-13-29-47(44)50-46-28-12-10-26-43(46)36-18-6-2-7-19-36/h1-34,49-50H. The van der Waals surface area contributed by atoms with Gasteiger partial charge in [0, 0.05) is 39.4 Å². The van der Waals surface area contributed by atoms with Gasteiger partial charge in [0.2, 0.25) is 0 Å². The van der Waals surface area contributed by atoms with Crippen molar-refractivity contribution in [2.75, 3.05) is 10.6 Å². The van der Waals surface area contributed by atoms with Gasteiger partial charge in [-0.1, -0.05) is 164 Å². The molecule has 0 saturated carbocycles. The zero-order valence-corrected chi connectivity index (χ0v) is 27.6. The van der Waals surface area contributed by atoms with Gasteiger partial charge in [-0.3, -0.25) is 0 Å². The fourth-order valence-corrected chi connectivity index (χ4v) is 6.57. The van der Waals surface area contributed by atoms with E-state index in [9.17, 15) is 0 Å². The number of nitrogens with one attached hydrogen (secondary N) is 2. The first-order valence-electron chi connectivity index (χ1n) is 17.0. The second kappa shape index (κ2) is 14.2. The van der Waals surface area contributed by atoms with Crippen LogP contribution < -0.4 is 10.6 Å². The van der Waals surface area contributed by atoms with Gasteiger partial charge in [0.15, 0.2) is 0 Å². The molecular weight excluding hydrogens is 605 g/mol. The first-order chi connectivity index (χ1) is 24.8. The van der Waals surface area contributed by atoms with E-state index in [1.807, 2.05) is 0 Å². The molecule has 0 radical (unpaired) electrons. The molecule has 0 bridgehead atoms. The first kappa shape index (κ1) is 30.7. The average Bonchev–Trinajstić information content (AvgIpc) is 3.20. The van der Waals surface area contributed by atoms with Gasteiger partial charge in [-0.15, -0.1) is 0 Å². The molecule has 0 aliphatic carbocycles. The van der Waals surface area contributed by atoms with Crippen molar-refractivity contribution in [2.45, 2.75) is 0 Å². The normalized spacial score (nSPS) is 10.8. The minimum absolute atomic E-state index is 1.05. The van der Waals surface area contributed by atoms with Crippen LogP contribution in [0.25, 0.3) is 55.6 Å². The number of anilines is 4. The maximum atomic E-state index is 3.76. The van der Waals surface area contributed by atoms with Crippen LogP contribution in [0.5, 0.6) is 0 Å². The molecule has 0 aliphatic heterocycles. The van der Waals surface area contributed by atoms with Gasteiger partial charge in [-0.05, 0) is 81.4 Å². The summed E-state index contributed by atoms with van der Waals surface area (Å²) in [5.41, 5.74) is 15.9. The summed E-state index contributed by atoms with van der Waals surface area (Å²) >= 11 is 0. The third-order valence-corrected chi connectivity index (χ3v) is 9.07. The van der Waals surface area contributed by atoms with Gasteiger partial charge >= 0.3 is 0 Å². The minimum Gasteiger partial charge on any atom is -0.355 e. The highest BCUT2D eigenvalue weighted by Crippen LogP contribution is 2.39. The Kier molecular flexibility index (Phi) is 8.73. The monoisotopic (exact) mass is 640 g/mol. The maximum Gasteiger partial charge on any atom is 0.0464 e. The van der Waals surface area contributed by atoms with E-state index in [0.717, 1.165) is 50.6 Å². The third-order valence-electron chi connectivity index (χ3n) is 9.07. The summed E-state index contributed by atoms with van der Waals surface area (Å²) in [5.74, 6) is 0. The van der Waals surface area contributed by atoms with Crippen molar-refractivity contribution in [3.05, 3.63) is 206 Å². The van der Waals surface area contributed by atoms with Crippen molar-refractivity contribution >= 4 is 22.7 Å². The quantitative estimate of drug-likeness (QED) is 0.164. The molecule has 0 aliphatic rings. The van der Waals surface area contributed by atoms with Crippen LogP contribution in [0.2, 0.25) is 0 Å². The van der Waals surface area contributed by atoms with Crippen LogP contribution in [0.4, 0.5) is 22.7 Å². The number of benzene rings is 8.